The van der Waals surface area contributed by atoms with E-state index >= 15 is 0 Å². The van der Waals surface area contributed by atoms with E-state index in [4.69, 9.17) is 16.3 Å². The van der Waals surface area contributed by atoms with E-state index in [2.05, 4.69) is 14.8 Å². The van der Waals surface area contributed by atoms with Crippen molar-refractivity contribution in [3.63, 3.8) is 0 Å². The Morgan fingerprint density at radius 2 is 1.76 bits per heavy atom. The Hall–Kier alpha value is -0.610. The van der Waals surface area contributed by atoms with Gasteiger partial charge in [-0.25, -0.2) is 0 Å². The number of aromatic nitrogens is 3. The first-order valence-electron chi connectivity index (χ1n) is 8.27. The summed E-state index contributed by atoms with van der Waals surface area (Å²) < 4.78 is 7.50. The second-order valence-electron chi connectivity index (χ2n) is 7.21. The van der Waals surface area contributed by atoms with Crippen molar-refractivity contribution in [2.75, 3.05) is 13.7 Å². The minimum atomic E-state index is 0.435. The second kappa shape index (κ2) is 5.54. The molecule has 1 aromatic rings. The summed E-state index contributed by atoms with van der Waals surface area (Å²) in [6.07, 6.45) is 7.12. The number of halogens is 1. The number of hydrogen-bond donors (Lipinski definition) is 0. The fraction of sp³-hybridized carbons (Fsp3) is 0.875. The van der Waals surface area contributed by atoms with Gasteiger partial charge >= 0.3 is 0 Å². The van der Waals surface area contributed by atoms with Crippen molar-refractivity contribution >= 4 is 11.6 Å². The highest BCUT2D eigenvalue weighted by Crippen LogP contribution is 2.59. The zero-order chi connectivity index (χ0) is 14.4. The van der Waals surface area contributed by atoms with Crippen LogP contribution in [0.3, 0.4) is 0 Å². The van der Waals surface area contributed by atoms with Crippen LogP contribution in [0.15, 0.2) is 0 Å². The van der Waals surface area contributed by atoms with Crippen LogP contribution in [0.25, 0.3) is 0 Å². The summed E-state index contributed by atoms with van der Waals surface area (Å²) in [5.74, 6) is 6.78. The van der Waals surface area contributed by atoms with E-state index in [1.165, 1.54) is 37.9 Å². The predicted octanol–water partition coefficient (Wildman–Crippen LogP) is 3.20. The predicted molar refractivity (Wildman–Crippen MR) is 81.2 cm³/mol. The fourth-order valence-electron chi connectivity index (χ4n) is 5.47. The molecule has 0 atom stereocenters. The molecular weight excluding hydrogens is 286 g/mol. The van der Waals surface area contributed by atoms with E-state index in [9.17, 15) is 0 Å². The van der Waals surface area contributed by atoms with E-state index in [1.807, 2.05) is 0 Å². The van der Waals surface area contributed by atoms with Gasteiger partial charge in [0.1, 0.15) is 11.6 Å². The lowest BCUT2D eigenvalue weighted by Gasteiger charge is -2.54. The molecule has 5 heteroatoms. The van der Waals surface area contributed by atoms with Crippen molar-refractivity contribution in [1.82, 2.24) is 14.8 Å². The maximum atomic E-state index is 6.05. The van der Waals surface area contributed by atoms with Gasteiger partial charge in [0.2, 0.25) is 0 Å². The van der Waals surface area contributed by atoms with Crippen molar-refractivity contribution in [2.45, 2.75) is 50.4 Å². The Balaban J connectivity index is 1.65. The Morgan fingerprint density at radius 1 is 1.10 bits per heavy atom. The first-order chi connectivity index (χ1) is 10.3. The smallest absolute Gasteiger partial charge is 0.148 e. The lowest BCUT2D eigenvalue weighted by Crippen LogP contribution is -2.44. The van der Waals surface area contributed by atoms with Crippen LogP contribution in [0.2, 0.25) is 0 Å². The number of ether oxygens (including phenoxy) is 1. The van der Waals surface area contributed by atoms with Crippen molar-refractivity contribution in [3.8, 4) is 0 Å². The van der Waals surface area contributed by atoms with E-state index in [1.54, 1.807) is 7.11 Å². The van der Waals surface area contributed by atoms with Gasteiger partial charge in [0.25, 0.3) is 0 Å². The second-order valence-corrected chi connectivity index (χ2v) is 7.48. The molecule has 1 heterocycles. The van der Waals surface area contributed by atoms with Crippen LogP contribution in [-0.2, 0) is 17.2 Å². The number of rotatable bonds is 5. The van der Waals surface area contributed by atoms with Crippen LogP contribution in [0.1, 0.15) is 49.7 Å². The average molecular weight is 310 g/mol. The summed E-state index contributed by atoms with van der Waals surface area (Å²) in [7, 11) is 1.74. The van der Waals surface area contributed by atoms with Gasteiger partial charge in [-0.05, 0) is 55.8 Å². The van der Waals surface area contributed by atoms with Crippen LogP contribution >= 0.6 is 11.6 Å². The molecule has 1 aromatic heterocycles. The van der Waals surface area contributed by atoms with Crippen molar-refractivity contribution < 1.29 is 4.74 Å². The molecule has 0 unspecified atom stereocenters. The minimum Gasteiger partial charge on any atom is -0.383 e. The largest absolute Gasteiger partial charge is 0.383 e. The zero-order valence-corrected chi connectivity index (χ0v) is 13.4. The van der Waals surface area contributed by atoms with Gasteiger partial charge < -0.3 is 9.30 Å². The summed E-state index contributed by atoms with van der Waals surface area (Å²) in [4.78, 5) is 0. The van der Waals surface area contributed by atoms with Crippen molar-refractivity contribution in [2.24, 2.45) is 23.7 Å². The zero-order valence-electron chi connectivity index (χ0n) is 12.7. The third kappa shape index (κ3) is 2.31. The van der Waals surface area contributed by atoms with E-state index in [-0.39, 0.29) is 0 Å². The Morgan fingerprint density at radius 3 is 2.33 bits per heavy atom. The first kappa shape index (κ1) is 14.0. The van der Waals surface area contributed by atoms with E-state index in [0.29, 0.717) is 18.4 Å². The Bertz CT molecular complexity index is 488. The molecule has 4 aliphatic rings. The number of nitrogens with zero attached hydrogens (tertiary/aromatic N) is 3. The lowest BCUT2D eigenvalue weighted by atomic mass is 9.51. The third-order valence-corrected chi connectivity index (χ3v) is 6.26. The summed E-state index contributed by atoms with van der Waals surface area (Å²) in [5.41, 5.74) is 0. The quantitative estimate of drug-likeness (QED) is 0.784. The standard InChI is InChI=1S/C16H24ClN3O/c1-21-3-2-20-14(9-17)18-19-16(20)15-12-5-10-4-11(7-12)8-13(15)6-10/h10-13,15H,2-9H2,1H3. The van der Waals surface area contributed by atoms with Crippen LogP contribution in [0, 0.1) is 23.7 Å². The Kier molecular flexibility index (Phi) is 3.70. The molecule has 4 nitrogen and oxygen atoms in total. The number of methoxy groups -OCH3 is 1. The summed E-state index contributed by atoms with van der Waals surface area (Å²) >= 11 is 6.05. The SMILES string of the molecule is COCCn1c(CCl)nnc1C1C2CC3CC(C2)CC1C3. The number of hydrogen-bond acceptors (Lipinski definition) is 3. The highest BCUT2D eigenvalue weighted by Gasteiger charge is 2.50. The molecule has 0 spiro atoms. The molecule has 0 saturated heterocycles. The molecule has 0 radical (unpaired) electrons. The monoisotopic (exact) mass is 309 g/mol. The normalized spacial score (nSPS) is 37.3. The molecule has 0 aromatic carbocycles. The molecule has 5 rings (SSSR count). The van der Waals surface area contributed by atoms with Crippen LogP contribution in [0.4, 0.5) is 0 Å². The van der Waals surface area contributed by atoms with Crippen molar-refractivity contribution in [1.29, 1.82) is 0 Å². The minimum absolute atomic E-state index is 0.435. The van der Waals surface area contributed by atoms with Gasteiger partial charge in [-0.2, -0.15) is 0 Å². The third-order valence-electron chi connectivity index (χ3n) is 6.02. The maximum Gasteiger partial charge on any atom is 0.148 e. The topological polar surface area (TPSA) is 39.9 Å². The molecule has 116 valence electrons. The van der Waals surface area contributed by atoms with E-state index in [0.717, 1.165) is 36.0 Å². The first-order valence-corrected chi connectivity index (χ1v) is 8.80. The molecule has 21 heavy (non-hydrogen) atoms. The van der Waals surface area contributed by atoms with Gasteiger partial charge in [-0.3, -0.25) is 0 Å². The van der Waals surface area contributed by atoms with E-state index < -0.39 is 0 Å². The highest BCUT2D eigenvalue weighted by atomic mass is 35.5. The molecule has 0 N–H and O–H groups in total. The fourth-order valence-corrected chi connectivity index (χ4v) is 5.67. The molecular formula is C16H24ClN3O. The number of alkyl halides is 1. The van der Waals surface area contributed by atoms with Crippen molar-refractivity contribution in [3.05, 3.63) is 11.6 Å². The van der Waals surface area contributed by atoms with Gasteiger partial charge in [0, 0.05) is 19.6 Å². The van der Waals surface area contributed by atoms with Gasteiger partial charge in [0.15, 0.2) is 0 Å². The molecule has 4 saturated carbocycles. The molecule has 4 aliphatic carbocycles. The van der Waals surface area contributed by atoms with Crippen LogP contribution < -0.4 is 0 Å². The van der Waals surface area contributed by atoms with Gasteiger partial charge in [-0.15, -0.1) is 21.8 Å². The van der Waals surface area contributed by atoms with Gasteiger partial charge in [-0.1, -0.05) is 0 Å². The molecule has 4 fully saturated rings. The van der Waals surface area contributed by atoms with Crippen LogP contribution in [-0.4, -0.2) is 28.5 Å². The summed E-state index contributed by atoms with van der Waals surface area (Å²) in [5, 5.41) is 8.90. The van der Waals surface area contributed by atoms with Gasteiger partial charge in [0.05, 0.1) is 12.5 Å². The summed E-state index contributed by atoms with van der Waals surface area (Å²) in [6, 6.07) is 0. The molecule has 0 amide bonds. The summed E-state index contributed by atoms with van der Waals surface area (Å²) in [6.45, 7) is 1.52. The molecule has 4 bridgehead atoms. The van der Waals surface area contributed by atoms with Crippen LogP contribution in [0.5, 0.6) is 0 Å². The highest BCUT2D eigenvalue weighted by molar-refractivity contribution is 6.16. The Labute approximate surface area is 131 Å². The maximum absolute atomic E-state index is 6.05. The average Bonchev–Trinajstić information content (AvgIpc) is 2.87. The lowest BCUT2D eigenvalue weighted by molar-refractivity contribution is -0.00721. The molecule has 0 aliphatic heterocycles.